The maximum absolute atomic E-state index is 5.70. The molecule has 0 spiro atoms. The van der Waals surface area contributed by atoms with Crippen LogP contribution in [-0.4, -0.2) is 11.0 Å². The molecular formula is C20H18N2. The summed E-state index contributed by atoms with van der Waals surface area (Å²) in [5.74, 6) is 2.79. The van der Waals surface area contributed by atoms with Crippen molar-refractivity contribution >= 4 is 11.8 Å². The summed E-state index contributed by atoms with van der Waals surface area (Å²) in [6, 6.07) is 0.383. The molecule has 1 unspecified atom stereocenters. The van der Waals surface area contributed by atoms with E-state index in [1.807, 2.05) is 13.0 Å². The number of rotatable bonds is 1. The highest BCUT2D eigenvalue weighted by molar-refractivity contribution is 5.83. The summed E-state index contributed by atoms with van der Waals surface area (Å²) >= 11 is 0. The van der Waals surface area contributed by atoms with Crippen LogP contribution in [0.3, 0.4) is 0 Å². The van der Waals surface area contributed by atoms with E-state index < -0.39 is 0 Å². The SMILES string of the molecule is C#Cc1[nH]c2c(c1/C=C\C)CC=CC1=C2NC2CC=CC=C12. The summed E-state index contributed by atoms with van der Waals surface area (Å²) in [5, 5.41) is 3.68. The Balaban J connectivity index is 1.93. The van der Waals surface area contributed by atoms with Crippen LogP contribution in [0, 0.1) is 12.3 Å². The van der Waals surface area contributed by atoms with Crippen molar-refractivity contribution in [3.63, 3.8) is 0 Å². The van der Waals surface area contributed by atoms with Gasteiger partial charge in [-0.2, -0.15) is 0 Å². The molecule has 0 saturated carbocycles. The molecule has 1 aliphatic heterocycles. The van der Waals surface area contributed by atoms with Crippen molar-refractivity contribution in [1.82, 2.24) is 10.3 Å². The van der Waals surface area contributed by atoms with Gasteiger partial charge in [-0.15, -0.1) is 6.42 Å². The van der Waals surface area contributed by atoms with Gasteiger partial charge in [-0.25, -0.2) is 0 Å². The molecule has 0 saturated heterocycles. The molecule has 2 heterocycles. The quantitative estimate of drug-likeness (QED) is 0.757. The van der Waals surface area contributed by atoms with Crippen molar-refractivity contribution in [3.05, 3.63) is 70.1 Å². The van der Waals surface area contributed by atoms with Crippen LogP contribution in [-0.2, 0) is 6.42 Å². The number of H-pyrrole nitrogens is 1. The van der Waals surface area contributed by atoms with Gasteiger partial charge in [0.25, 0.3) is 0 Å². The molecule has 3 aliphatic rings. The van der Waals surface area contributed by atoms with Crippen LogP contribution in [0.2, 0.25) is 0 Å². The third kappa shape index (κ3) is 1.76. The maximum atomic E-state index is 5.70. The lowest BCUT2D eigenvalue weighted by Gasteiger charge is -2.16. The van der Waals surface area contributed by atoms with E-state index in [1.54, 1.807) is 0 Å². The van der Waals surface area contributed by atoms with E-state index in [-0.39, 0.29) is 0 Å². The van der Waals surface area contributed by atoms with Gasteiger partial charge in [-0.05, 0) is 30.9 Å². The summed E-state index contributed by atoms with van der Waals surface area (Å²) in [7, 11) is 0. The molecule has 0 fully saturated rings. The number of fused-ring (bicyclic) bond motifs is 4. The number of nitrogens with one attached hydrogen (secondary N) is 2. The summed E-state index contributed by atoms with van der Waals surface area (Å²) in [6.45, 7) is 2.02. The molecule has 1 aromatic rings. The van der Waals surface area contributed by atoms with Crippen LogP contribution in [0.25, 0.3) is 11.8 Å². The fraction of sp³-hybridized carbons (Fsp3) is 0.200. The highest BCUT2D eigenvalue weighted by Crippen LogP contribution is 2.39. The van der Waals surface area contributed by atoms with Crippen LogP contribution >= 0.6 is 0 Å². The van der Waals surface area contributed by atoms with E-state index in [9.17, 15) is 0 Å². The van der Waals surface area contributed by atoms with Crippen LogP contribution in [0.4, 0.5) is 0 Å². The van der Waals surface area contributed by atoms with Gasteiger partial charge >= 0.3 is 0 Å². The first kappa shape index (κ1) is 13.0. The summed E-state index contributed by atoms with van der Waals surface area (Å²) < 4.78 is 0. The Morgan fingerprint density at radius 2 is 2.27 bits per heavy atom. The van der Waals surface area contributed by atoms with Gasteiger partial charge in [0.15, 0.2) is 0 Å². The summed E-state index contributed by atoms with van der Waals surface area (Å²) in [6.07, 6.45) is 22.8. The largest absolute Gasteiger partial charge is 0.376 e. The highest BCUT2D eigenvalue weighted by atomic mass is 15.0. The molecule has 2 N–H and O–H groups in total. The Bertz CT molecular complexity index is 832. The third-order valence-electron chi connectivity index (χ3n) is 4.54. The van der Waals surface area contributed by atoms with Gasteiger partial charge in [0.05, 0.1) is 23.1 Å². The van der Waals surface area contributed by atoms with E-state index in [2.05, 4.69) is 52.7 Å². The van der Waals surface area contributed by atoms with Crippen LogP contribution in [0.1, 0.15) is 35.9 Å². The Morgan fingerprint density at radius 3 is 3.09 bits per heavy atom. The van der Waals surface area contributed by atoms with Gasteiger partial charge in [0.1, 0.15) is 0 Å². The zero-order chi connectivity index (χ0) is 15.1. The Kier molecular flexibility index (Phi) is 2.94. The smallest absolute Gasteiger partial charge is 0.0972 e. The van der Waals surface area contributed by atoms with Crippen molar-refractivity contribution in [2.24, 2.45) is 0 Å². The molecule has 1 aromatic heterocycles. The van der Waals surface area contributed by atoms with Crippen molar-refractivity contribution < 1.29 is 0 Å². The molecule has 0 radical (unpaired) electrons. The fourth-order valence-electron chi connectivity index (χ4n) is 3.56. The minimum atomic E-state index is 0.383. The van der Waals surface area contributed by atoms with Gasteiger partial charge < -0.3 is 10.3 Å². The van der Waals surface area contributed by atoms with E-state index >= 15 is 0 Å². The lowest BCUT2D eigenvalue weighted by atomic mass is 9.95. The molecule has 2 aliphatic carbocycles. The van der Waals surface area contributed by atoms with Crippen molar-refractivity contribution in [1.29, 1.82) is 0 Å². The predicted octanol–water partition coefficient (Wildman–Crippen LogP) is 3.71. The zero-order valence-corrected chi connectivity index (χ0v) is 12.6. The van der Waals surface area contributed by atoms with Gasteiger partial charge in [0, 0.05) is 11.1 Å². The number of aromatic amines is 1. The minimum Gasteiger partial charge on any atom is -0.376 e. The molecule has 1 atom stereocenters. The lowest BCUT2D eigenvalue weighted by Crippen LogP contribution is -2.24. The molecule has 2 nitrogen and oxygen atoms in total. The number of hydrogen-bond donors (Lipinski definition) is 2. The monoisotopic (exact) mass is 286 g/mol. The van der Waals surface area contributed by atoms with Crippen LogP contribution in [0.15, 0.2) is 47.6 Å². The van der Waals surface area contributed by atoms with Crippen LogP contribution < -0.4 is 5.32 Å². The molecular weight excluding hydrogens is 268 g/mol. The minimum absolute atomic E-state index is 0.383. The van der Waals surface area contributed by atoms with Gasteiger partial charge in [-0.1, -0.05) is 48.5 Å². The summed E-state index contributed by atoms with van der Waals surface area (Å²) in [4.78, 5) is 3.46. The number of allylic oxidation sites excluding steroid dienone is 5. The van der Waals surface area contributed by atoms with Gasteiger partial charge in [0.2, 0.25) is 0 Å². The predicted molar refractivity (Wildman–Crippen MR) is 92.0 cm³/mol. The second-order valence-electron chi connectivity index (χ2n) is 5.79. The third-order valence-corrected chi connectivity index (χ3v) is 4.54. The first-order chi connectivity index (χ1) is 10.8. The zero-order valence-electron chi connectivity index (χ0n) is 12.6. The van der Waals surface area contributed by atoms with Crippen molar-refractivity contribution in [3.8, 4) is 12.3 Å². The second kappa shape index (κ2) is 4.96. The lowest BCUT2D eigenvalue weighted by molar-refractivity contribution is 0.715. The standard InChI is InChI=1S/C20H18N2/c1-3-8-13-15-10-7-11-16-14-9-5-6-12-18(14)22-20(16)19(15)21-17(13)4-2/h2-3,5-9,11,18,21-22H,10,12H2,1H3/b8-3-. The van der Waals surface area contributed by atoms with Gasteiger partial charge in [-0.3, -0.25) is 0 Å². The first-order valence-electron chi connectivity index (χ1n) is 7.72. The molecule has 0 amide bonds. The van der Waals surface area contributed by atoms with E-state index in [1.165, 1.54) is 22.4 Å². The molecule has 0 aromatic carbocycles. The molecule has 4 rings (SSSR count). The molecule has 0 bridgehead atoms. The van der Waals surface area contributed by atoms with E-state index in [0.29, 0.717) is 6.04 Å². The highest BCUT2D eigenvalue weighted by Gasteiger charge is 2.32. The average Bonchev–Trinajstić information content (AvgIpc) is 3.02. The fourth-order valence-corrected chi connectivity index (χ4v) is 3.56. The topological polar surface area (TPSA) is 27.8 Å². The molecule has 108 valence electrons. The van der Waals surface area contributed by atoms with Crippen LogP contribution in [0.5, 0.6) is 0 Å². The second-order valence-corrected chi connectivity index (χ2v) is 5.79. The number of hydrogen-bond acceptors (Lipinski definition) is 1. The molecule has 22 heavy (non-hydrogen) atoms. The normalized spacial score (nSPS) is 21.8. The number of aromatic nitrogens is 1. The average molecular weight is 286 g/mol. The Morgan fingerprint density at radius 1 is 1.36 bits per heavy atom. The van der Waals surface area contributed by atoms with E-state index in [0.717, 1.165) is 29.8 Å². The number of terminal acetylenes is 1. The van der Waals surface area contributed by atoms with Crippen molar-refractivity contribution in [2.75, 3.05) is 0 Å². The summed E-state index contributed by atoms with van der Waals surface area (Å²) in [5.41, 5.74) is 8.31. The molecule has 2 heteroatoms. The Labute approximate surface area is 131 Å². The maximum Gasteiger partial charge on any atom is 0.0972 e. The van der Waals surface area contributed by atoms with E-state index in [4.69, 9.17) is 6.42 Å². The first-order valence-corrected chi connectivity index (χ1v) is 7.72. The van der Waals surface area contributed by atoms with Crippen molar-refractivity contribution in [2.45, 2.75) is 25.8 Å². The Hall–Kier alpha value is -2.66.